The van der Waals surface area contributed by atoms with Gasteiger partial charge in [-0.15, -0.1) is 11.3 Å². The van der Waals surface area contributed by atoms with Crippen molar-refractivity contribution in [1.82, 2.24) is 19.9 Å². The van der Waals surface area contributed by atoms with Crippen LogP contribution in [0, 0.1) is 5.41 Å². The summed E-state index contributed by atoms with van der Waals surface area (Å²) in [5.41, 5.74) is 0.470. The number of nitrogens with one attached hydrogen (secondary N) is 2. The van der Waals surface area contributed by atoms with Crippen LogP contribution in [0.1, 0.15) is 75.7 Å². The third kappa shape index (κ3) is 7.34. The van der Waals surface area contributed by atoms with Crippen molar-refractivity contribution in [3.63, 3.8) is 0 Å². The molecule has 216 valence electrons. The minimum Gasteiger partial charge on any atom is -0.494 e. The molecule has 1 aromatic heterocycles. The Morgan fingerprint density at radius 3 is 2.48 bits per heavy atom. The monoisotopic (exact) mass is 573 g/mol. The molecule has 13 heteroatoms. The van der Waals surface area contributed by atoms with Gasteiger partial charge in [0, 0.05) is 11.8 Å². The summed E-state index contributed by atoms with van der Waals surface area (Å²) < 4.78 is 11.5. The molecule has 2 amide bonds. The molecular weight excluding hydrogens is 538 g/mol. The number of carbonyl (C=O) groups is 4. The molecule has 1 aromatic rings. The molecule has 3 rings (SSSR count). The summed E-state index contributed by atoms with van der Waals surface area (Å²) in [6.45, 7) is 10.9. The number of aromatic nitrogens is 3. The number of amides is 2. The summed E-state index contributed by atoms with van der Waals surface area (Å²) in [7, 11) is 0. The lowest BCUT2D eigenvalue weighted by molar-refractivity contribution is -0.146. The van der Waals surface area contributed by atoms with Crippen LogP contribution in [0.2, 0.25) is 0 Å². The average Bonchev–Trinajstić information content (AvgIpc) is 3.54. The third-order valence-electron chi connectivity index (χ3n) is 6.02. The number of esters is 2. The van der Waals surface area contributed by atoms with E-state index in [9.17, 15) is 24.3 Å². The van der Waals surface area contributed by atoms with Crippen molar-refractivity contribution in [2.24, 2.45) is 5.41 Å². The van der Waals surface area contributed by atoms with E-state index >= 15 is 0 Å². The molecule has 3 N–H and O–H groups in total. The zero-order chi connectivity index (χ0) is 29.6. The van der Waals surface area contributed by atoms with Crippen LogP contribution >= 0.6 is 11.3 Å². The normalized spacial score (nSPS) is 12.9. The fraction of sp³-hybridized carbons (Fsp3) is 0.481. The molecule has 0 bridgehead atoms. The Bertz CT molecular complexity index is 1340. The lowest BCUT2D eigenvalue weighted by Crippen LogP contribution is -2.42. The fourth-order valence-corrected chi connectivity index (χ4v) is 4.60. The van der Waals surface area contributed by atoms with E-state index in [-0.39, 0.29) is 49.5 Å². The quantitative estimate of drug-likeness (QED) is 0.290. The van der Waals surface area contributed by atoms with Gasteiger partial charge in [-0.3, -0.25) is 19.0 Å². The van der Waals surface area contributed by atoms with E-state index in [4.69, 9.17) is 9.47 Å². The maximum absolute atomic E-state index is 13.0. The molecule has 0 aliphatic carbocycles. The zero-order valence-electron chi connectivity index (χ0n) is 23.4. The first-order chi connectivity index (χ1) is 18.8. The molecule has 0 fully saturated rings. The van der Waals surface area contributed by atoms with Crippen molar-refractivity contribution in [1.29, 1.82) is 0 Å². The highest BCUT2D eigenvalue weighted by Crippen LogP contribution is 2.36. The lowest BCUT2D eigenvalue weighted by Gasteiger charge is -2.18. The number of nitrogens with zero attached hydrogens (tertiary/aromatic N) is 3. The van der Waals surface area contributed by atoms with Crippen LogP contribution in [0.5, 0.6) is 5.88 Å². The summed E-state index contributed by atoms with van der Waals surface area (Å²) in [5.74, 6) is -1.34. The first-order valence-corrected chi connectivity index (χ1v) is 13.8. The predicted molar refractivity (Wildman–Crippen MR) is 148 cm³/mol. The van der Waals surface area contributed by atoms with Crippen molar-refractivity contribution < 1.29 is 33.8 Å². The molecule has 2 aliphatic rings. The standard InChI is InChI=1S/C27H35N5O7S/c1-7-38-21(33)10-9-18(25(36)39-8-2)29-23(34)19-11-16(13-40-19)15(3)32-14-28-22-17(24(32)35)12-20(30-22)31-26(37)27(4,5)6/h11-15,18,35H,7-10H2,1-6H3,(H,29,34)(H,31,37). The summed E-state index contributed by atoms with van der Waals surface area (Å²) in [5, 5.41) is 18.1. The van der Waals surface area contributed by atoms with E-state index in [1.165, 1.54) is 22.2 Å². The number of aromatic hydroxyl groups is 1. The van der Waals surface area contributed by atoms with Crippen LogP contribution in [-0.2, 0) is 23.9 Å². The van der Waals surface area contributed by atoms with Gasteiger partial charge >= 0.3 is 11.9 Å². The maximum atomic E-state index is 13.0. The van der Waals surface area contributed by atoms with Crippen molar-refractivity contribution in [2.45, 2.75) is 66.5 Å². The fourth-order valence-electron chi connectivity index (χ4n) is 3.70. The lowest BCUT2D eigenvalue weighted by atomic mass is 9.96. The van der Waals surface area contributed by atoms with Gasteiger partial charge in [0.1, 0.15) is 18.2 Å². The Labute approximate surface area is 236 Å². The van der Waals surface area contributed by atoms with Gasteiger partial charge < -0.3 is 25.2 Å². The van der Waals surface area contributed by atoms with Crippen molar-refractivity contribution in [3.05, 3.63) is 34.3 Å². The van der Waals surface area contributed by atoms with Crippen LogP contribution in [0.15, 0.2) is 23.8 Å². The Morgan fingerprint density at radius 1 is 1.12 bits per heavy atom. The number of hydrogen-bond acceptors (Lipinski definition) is 10. The minimum atomic E-state index is -1.01. The number of rotatable bonds is 11. The molecule has 0 radical (unpaired) electrons. The Kier molecular flexibility index (Phi) is 9.85. The molecule has 12 nitrogen and oxygen atoms in total. The molecule has 0 spiro atoms. The second-order valence-corrected chi connectivity index (χ2v) is 11.0. The highest BCUT2D eigenvalue weighted by Gasteiger charge is 2.27. The van der Waals surface area contributed by atoms with Gasteiger partial charge in [-0.05, 0) is 50.3 Å². The smallest absolute Gasteiger partial charge is 0.328 e. The molecule has 0 saturated heterocycles. The summed E-state index contributed by atoms with van der Waals surface area (Å²) in [6, 6.07) is 1.79. The van der Waals surface area contributed by atoms with Crippen LogP contribution in [0.25, 0.3) is 11.4 Å². The largest absolute Gasteiger partial charge is 0.494 e. The maximum Gasteiger partial charge on any atom is 0.328 e. The van der Waals surface area contributed by atoms with Gasteiger partial charge in [-0.25, -0.2) is 14.8 Å². The second kappa shape index (κ2) is 12.9. The molecule has 2 aliphatic heterocycles. The zero-order valence-corrected chi connectivity index (χ0v) is 24.3. The highest BCUT2D eigenvalue weighted by molar-refractivity contribution is 7.12. The molecule has 0 aromatic carbocycles. The third-order valence-corrected chi connectivity index (χ3v) is 6.97. The molecule has 2 atom stereocenters. The summed E-state index contributed by atoms with van der Waals surface area (Å²) >= 11 is 1.17. The minimum absolute atomic E-state index is 0.0410. The molecule has 0 saturated carbocycles. The van der Waals surface area contributed by atoms with Crippen molar-refractivity contribution in [3.8, 4) is 17.3 Å². The molecule has 2 unspecified atom stereocenters. The van der Waals surface area contributed by atoms with Crippen molar-refractivity contribution >= 4 is 40.9 Å². The van der Waals surface area contributed by atoms with Gasteiger partial charge in [0.15, 0.2) is 5.82 Å². The average molecular weight is 574 g/mol. The molecule has 40 heavy (non-hydrogen) atoms. The van der Waals surface area contributed by atoms with Crippen LogP contribution < -0.4 is 10.6 Å². The van der Waals surface area contributed by atoms with E-state index < -0.39 is 35.3 Å². The van der Waals surface area contributed by atoms with E-state index in [1.54, 1.807) is 52.1 Å². The predicted octanol–water partition coefficient (Wildman–Crippen LogP) is 3.75. The van der Waals surface area contributed by atoms with E-state index in [2.05, 4.69) is 20.6 Å². The van der Waals surface area contributed by atoms with Gasteiger partial charge in [-0.2, -0.15) is 0 Å². The topological polar surface area (TPSA) is 162 Å². The van der Waals surface area contributed by atoms with Gasteiger partial charge in [-0.1, -0.05) is 20.8 Å². The van der Waals surface area contributed by atoms with Crippen LogP contribution in [0.3, 0.4) is 0 Å². The first-order valence-electron chi connectivity index (χ1n) is 12.9. The SMILES string of the molecule is CCOC(=O)CCC(NC(=O)c1cc(C(C)n2cnc3nc(NC(=O)C(C)(C)C)cc-3c2O)cs1)C(=O)OCC. The number of anilines is 1. The summed E-state index contributed by atoms with van der Waals surface area (Å²) in [4.78, 5) is 58.4. The number of ether oxygens (including phenoxy) is 2. The second-order valence-electron chi connectivity index (χ2n) is 10.1. The number of carbonyl (C=O) groups excluding carboxylic acids is 4. The van der Waals surface area contributed by atoms with Gasteiger partial charge in [0.2, 0.25) is 11.8 Å². The van der Waals surface area contributed by atoms with Gasteiger partial charge in [0.25, 0.3) is 5.91 Å². The number of hydrogen-bond donors (Lipinski definition) is 3. The summed E-state index contributed by atoms with van der Waals surface area (Å²) in [6.07, 6.45) is 1.43. The van der Waals surface area contributed by atoms with Crippen LogP contribution in [-0.4, -0.2) is 62.7 Å². The number of thiophene rings is 1. The highest BCUT2D eigenvalue weighted by atomic mass is 32.1. The Balaban J connectivity index is 1.76. The molecular formula is C27H35N5O7S. The Hall–Kier alpha value is -4.00. The number of fused-ring (bicyclic) bond motifs is 1. The van der Waals surface area contributed by atoms with E-state index in [1.807, 2.05) is 6.92 Å². The van der Waals surface area contributed by atoms with E-state index in [0.717, 1.165) is 5.56 Å². The first kappa shape index (κ1) is 30.5. The van der Waals surface area contributed by atoms with Gasteiger partial charge in [0.05, 0.1) is 29.7 Å². The van der Waals surface area contributed by atoms with E-state index in [0.29, 0.717) is 10.4 Å². The Morgan fingerprint density at radius 2 is 1.82 bits per heavy atom. The van der Waals surface area contributed by atoms with Crippen LogP contribution in [0.4, 0.5) is 5.82 Å². The molecule has 3 heterocycles. The van der Waals surface area contributed by atoms with Crippen molar-refractivity contribution in [2.75, 3.05) is 18.5 Å².